The number of ether oxygens (including phenoxy) is 1. The first-order valence-electron chi connectivity index (χ1n) is 7.86. The van der Waals surface area contributed by atoms with Gasteiger partial charge in [0.25, 0.3) is 0 Å². The minimum Gasteiger partial charge on any atom is -0.462 e. The van der Waals surface area contributed by atoms with Crippen molar-refractivity contribution in [1.82, 2.24) is 0 Å². The van der Waals surface area contributed by atoms with E-state index >= 15 is 0 Å². The molecule has 1 aromatic carbocycles. The standard InChI is InChI=1S/C16H13F11O3/c1-2-30-11(29)9-5-3-8(4-6-9)10(28)7-12(17,18)13(19,20)14(21,22)15(23,24)16(25,26)27/h3-6,10,28H,2,7H2,1H3. The molecular formula is C16H13F11O3. The normalized spacial score (nSPS) is 15.1. The van der Waals surface area contributed by atoms with E-state index in [4.69, 9.17) is 0 Å². The minimum atomic E-state index is -7.53. The van der Waals surface area contributed by atoms with Gasteiger partial charge in [-0.3, -0.25) is 0 Å². The third-order valence-electron chi connectivity index (χ3n) is 3.86. The van der Waals surface area contributed by atoms with Crippen LogP contribution in [0.15, 0.2) is 24.3 Å². The second kappa shape index (κ2) is 8.19. The molecule has 0 saturated carbocycles. The molecule has 0 aromatic heterocycles. The van der Waals surface area contributed by atoms with Gasteiger partial charge < -0.3 is 9.84 Å². The molecule has 1 N–H and O–H groups in total. The van der Waals surface area contributed by atoms with Gasteiger partial charge in [0.15, 0.2) is 0 Å². The molecule has 14 heteroatoms. The number of carbonyl (C=O) groups excluding carboxylic acids is 1. The summed E-state index contributed by atoms with van der Waals surface area (Å²) in [5, 5.41) is 9.60. The first-order valence-corrected chi connectivity index (χ1v) is 7.86. The summed E-state index contributed by atoms with van der Waals surface area (Å²) in [5.74, 6) is -29.3. The molecule has 1 rings (SSSR count). The molecule has 0 radical (unpaired) electrons. The van der Waals surface area contributed by atoms with Gasteiger partial charge in [-0.25, -0.2) is 4.79 Å². The molecule has 30 heavy (non-hydrogen) atoms. The Bertz CT molecular complexity index is 742. The van der Waals surface area contributed by atoms with Crippen molar-refractivity contribution < 1.29 is 62.9 Å². The van der Waals surface area contributed by atoms with Crippen molar-refractivity contribution in [2.24, 2.45) is 0 Å². The van der Waals surface area contributed by atoms with Gasteiger partial charge in [0.1, 0.15) is 0 Å². The van der Waals surface area contributed by atoms with Crippen LogP contribution in [0.2, 0.25) is 0 Å². The van der Waals surface area contributed by atoms with E-state index in [0.717, 1.165) is 24.3 Å². The van der Waals surface area contributed by atoms with E-state index in [-0.39, 0.29) is 12.2 Å². The van der Waals surface area contributed by atoms with Gasteiger partial charge in [-0.15, -0.1) is 0 Å². The average Bonchev–Trinajstić information content (AvgIpc) is 2.60. The lowest BCUT2D eigenvalue weighted by atomic mass is 9.92. The molecule has 0 bridgehead atoms. The number of esters is 1. The molecule has 0 aliphatic carbocycles. The number of halogens is 11. The summed E-state index contributed by atoms with van der Waals surface area (Å²) in [5.41, 5.74) is -0.800. The second-order valence-electron chi connectivity index (χ2n) is 5.99. The highest BCUT2D eigenvalue weighted by atomic mass is 19.4. The number of hydrogen-bond acceptors (Lipinski definition) is 3. The molecule has 1 aromatic rings. The smallest absolute Gasteiger partial charge is 0.460 e. The van der Waals surface area contributed by atoms with E-state index in [1.54, 1.807) is 0 Å². The van der Waals surface area contributed by atoms with Gasteiger partial charge in [0.2, 0.25) is 0 Å². The van der Waals surface area contributed by atoms with Crippen molar-refractivity contribution in [1.29, 1.82) is 0 Å². The van der Waals surface area contributed by atoms with E-state index < -0.39 is 53.9 Å². The Morgan fingerprint density at radius 1 is 0.867 bits per heavy atom. The van der Waals surface area contributed by atoms with Crippen molar-refractivity contribution in [3.05, 3.63) is 35.4 Å². The first-order chi connectivity index (χ1) is 13.3. The molecule has 0 aliphatic rings. The van der Waals surface area contributed by atoms with Crippen LogP contribution < -0.4 is 0 Å². The molecule has 0 heterocycles. The topological polar surface area (TPSA) is 46.5 Å². The van der Waals surface area contributed by atoms with Crippen molar-refractivity contribution >= 4 is 5.97 Å². The van der Waals surface area contributed by atoms with E-state index in [1.807, 2.05) is 0 Å². The Hall–Kier alpha value is -2.12. The minimum absolute atomic E-state index is 0.0404. The molecule has 172 valence electrons. The number of alkyl halides is 11. The zero-order valence-electron chi connectivity index (χ0n) is 14.7. The maximum Gasteiger partial charge on any atom is 0.460 e. The molecule has 0 amide bonds. The number of rotatable bonds is 8. The quantitative estimate of drug-likeness (QED) is 0.417. The summed E-state index contributed by atoms with van der Waals surface area (Å²) < 4.78 is 147. The fourth-order valence-electron chi connectivity index (χ4n) is 2.15. The lowest BCUT2D eigenvalue weighted by Gasteiger charge is -2.37. The van der Waals surface area contributed by atoms with E-state index in [2.05, 4.69) is 4.74 Å². The molecule has 0 aliphatic heterocycles. The van der Waals surface area contributed by atoms with Crippen LogP contribution in [0, 0.1) is 0 Å². The molecule has 1 unspecified atom stereocenters. The molecule has 1 atom stereocenters. The lowest BCUT2D eigenvalue weighted by molar-refractivity contribution is -0.423. The van der Waals surface area contributed by atoms with E-state index in [9.17, 15) is 58.2 Å². The van der Waals surface area contributed by atoms with Gasteiger partial charge in [-0.2, -0.15) is 48.3 Å². The Morgan fingerprint density at radius 3 is 1.73 bits per heavy atom. The molecule has 0 spiro atoms. The highest BCUT2D eigenvalue weighted by molar-refractivity contribution is 5.89. The number of carbonyl (C=O) groups is 1. The van der Waals surface area contributed by atoms with Crippen LogP contribution in [-0.4, -0.2) is 47.5 Å². The predicted octanol–water partition coefficient (Wildman–Crippen LogP) is 5.39. The summed E-state index contributed by atoms with van der Waals surface area (Å²) in [6, 6.07) is 3.26. The zero-order valence-corrected chi connectivity index (χ0v) is 14.7. The van der Waals surface area contributed by atoms with Crippen LogP contribution in [0.4, 0.5) is 48.3 Å². The number of hydrogen-bond donors (Lipinski definition) is 1. The Kier molecular flexibility index (Phi) is 7.08. The van der Waals surface area contributed by atoms with Gasteiger partial charge >= 0.3 is 35.8 Å². The van der Waals surface area contributed by atoms with Gasteiger partial charge in [0.05, 0.1) is 18.3 Å². The van der Waals surface area contributed by atoms with Crippen LogP contribution in [0.3, 0.4) is 0 Å². The van der Waals surface area contributed by atoms with Crippen molar-refractivity contribution in [3.8, 4) is 0 Å². The van der Waals surface area contributed by atoms with Crippen LogP contribution in [-0.2, 0) is 4.74 Å². The number of aliphatic hydroxyl groups is 1. The Morgan fingerprint density at radius 2 is 1.33 bits per heavy atom. The van der Waals surface area contributed by atoms with Gasteiger partial charge in [-0.05, 0) is 24.6 Å². The zero-order chi connectivity index (χ0) is 23.8. The monoisotopic (exact) mass is 462 g/mol. The van der Waals surface area contributed by atoms with Crippen LogP contribution in [0.25, 0.3) is 0 Å². The van der Waals surface area contributed by atoms with Gasteiger partial charge in [-0.1, -0.05) is 12.1 Å². The fraction of sp³-hybridized carbons (Fsp3) is 0.562. The highest BCUT2D eigenvalue weighted by Crippen LogP contribution is 2.58. The summed E-state index contributed by atoms with van der Waals surface area (Å²) in [6.07, 6.45) is -12.6. The van der Waals surface area contributed by atoms with E-state index in [0.29, 0.717) is 0 Å². The molecule has 0 fully saturated rings. The Balaban J connectivity index is 3.15. The first kappa shape index (κ1) is 25.9. The maximum absolute atomic E-state index is 13.7. The summed E-state index contributed by atoms with van der Waals surface area (Å²) in [4.78, 5) is 11.4. The third-order valence-corrected chi connectivity index (χ3v) is 3.86. The lowest BCUT2D eigenvalue weighted by Crippen LogP contribution is -2.66. The van der Waals surface area contributed by atoms with Crippen molar-refractivity contribution in [2.75, 3.05) is 6.61 Å². The highest BCUT2D eigenvalue weighted by Gasteiger charge is 2.87. The number of aliphatic hydroxyl groups excluding tert-OH is 1. The maximum atomic E-state index is 13.7. The average molecular weight is 462 g/mol. The fourth-order valence-corrected chi connectivity index (χ4v) is 2.15. The largest absolute Gasteiger partial charge is 0.462 e. The molecular weight excluding hydrogens is 449 g/mol. The van der Waals surface area contributed by atoms with Crippen molar-refractivity contribution in [3.63, 3.8) is 0 Å². The van der Waals surface area contributed by atoms with Crippen LogP contribution in [0.1, 0.15) is 35.4 Å². The van der Waals surface area contributed by atoms with Gasteiger partial charge in [0, 0.05) is 6.42 Å². The SMILES string of the molecule is CCOC(=O)c1ccc(C(O)CC(F)(F)C(F)(F)C(F)(F)C(F)(F)C(F)(F)F)cc1. The summed E-state index contributed by atoms with van der Waals surface area (Å²) >= 11 is 0. The summed E-state index contributed by atoms with van der Waals surface area (Å²) in [6.45, 7) is 1.41. The van der Waals surface area contributed by atoms with Crippen LogP contribution in [0.5, 0.6) is 0 Å². The number of benzene rings is 1. The second-order valence-corrected chi connectivity index (χ2v) is 5.99. The van der Waals surface area contributed by atoms with E-state index in [1.165, 1.54) is 6.92 Å². The van der Waals surface area contributed by atoms with Crippen LogP contribution >= 0.6 is 0 Å². The van der Waals surface area contributed by atoms with Crippen molar-refractivity contribution in [2.45, 2.75) is 49.3 Å². The Labute approximate surface area is 161 Å². The summed E-state index contributed by atoms with van der Waals surface area (Å²) in [7, 11) is 0. The predicted molar refractivity (Wildman–Crippen MR) is 77.8 cm³/mol. The molecule has 0 saturated heterocycles. The molecule has 3 nitrogen and oxygen atoms in total. The third kappa shape index (κ3) is 4.47.